The van der Waals surface area contributed by atoms with Crippen molar-refractivity contribution in [3.05, 3.63) is 53.7 Å². The molecule has 2 N–H and O–H groups in total. The average molecular weight is 267 g/mol. The van der Waals surface area contributed by atoms with E-state index in [4.69, 9.17) is 5.73 Å². The molecule has 20 heavy (non-hydrogen) atoms. The highest BCUT2D eigenvalue weighted by atomic mass is 16.2. The molecule has 1 atom stereocenters. The van der Waals surface area contributed by atoms with E-state index in [1.165, 1.54) is 5.56 Å². The van der Waals surface area contributed by atoms with Crippen molar-refractivity contribution in [2.45, 2.75) is 13.3 Å². The molecule has 1 aromatic carbocycles. The van der Waals surface area contributed by atoms with Crippen molar-refractivity contribution in [1.82, 2.24) is 4.98 Å². The molecular weight excluding hydrogens is 250 g/mol. The molecule has 102 valence electrons. The van der Waals surface area contributed by atoms with Crippen molar-refractivity contribution in [3.8, 4) is 0 Å². The number of aromatic nitrogens is 1. The fraction of sp³-hybridized carbons (Fsp3) is 0.250. The minimum Gasteiger partial charge on any atom is -0.384 e. The lowest BCUT2D eigenvalue weighted by atomic mass is 9.93. The van der Waals surface area contributed by atoms with Gasteiger partial charge in [0.25, 0.3) is 5.91 Å². The van der Waals surface area contributed by atoms with E-state index in [0.29, 0.717) is 17.3 Å². The number of rotatable bonds is 1. The van der Waals surface area contributed by atoms with Crippen molar-refractivity contribution in [1.29, 1.82) is 0 Å². The van der Waals surface area contributed by atoms with Crippen LogP contribution in [0.4, 0.5) is 11.5 Å². The van der Waals surface area contributed by atoms with Crippen LogP contribution in [0.3, 0.4) is 0 Å². The predicted molar refractivity (Wildman–Crippen MR) is 79.6 cm³/mol. The van der Waals surface area contributed by atoms with Gasteiger partial charge < -0.3 is 10.6 Å². The number of benzene rings is 1. The molecule has 0 aliphatic carbocycles. The lowest BCUT2D eigenvalue weighted by Crippen LogP contribution is -2.39. The fourth-order valence-electron chi connectivity index (χ4n) is 2.68. The molecule has 0 fully saturated rings. The Morgan fingerprint density at radius 1 is 1.30 bits per heavy atom. The number of nitrogens with two attached hydrogens (primary N) is 1. The van der Waals surface area contributed by atoms with E-state index in [1.54, 1.807) is 18.3 Å². The van der Waals surface area contributed by atoms with Crippen LogP contribution < -0.4 is 10.6 Å². The minimum atomic E-state index is -0.0171. The summed E-state index contributed by atoms with van der Waals surface area (Å²) in [6, 6.07) is 11.5. The number of carbonyl (C=O) groups is 1. The second kappa shape index (κ2) is 4.96. The smallest absolute Gasteiger partial charge is 0.259 e. The van der Waals surface area contributed by atoms with Crippen LogP contribution >= 0.6 is 0 Å². The van der Waals surface area contributed by atoms with Crippen LogP contribution in [0, 0.1) is 5.92 Å². The van der Waals surface area contributed by atoms with Crippen LogP contribution in [0.2, 0.25) is 0 Å². The first-order chi connectivity index (χ1) is 9.65. The Bertz CT molecular complexity index is 636. The molecule has 1 unspecified atom stereocenters. The summed E-state index contributed by atoms with van der Waals surface area (Å²) in [7, 11) is 0. The molecular formula is C16H17N3O. The normalized spacial score (nSPS) is 17.6. The van der Waals surface area contributed by atoms with Gasteiger partial charge in [-0.25, -0.2) is 4.98 Å². The first-order valence-electron chi connectivity index (χ1n) is 6.76. The molecule has 1 amide bonds. The van der Waals surface area contributed by atoms with E-state index in [0.717, 1.165) is 18.7 Å². The van der Waals surface area contributed by atoms with E-state index < -0.39 is 0 Å². The number of anilines is 2. The number of fused-ring (bicyclic) bond motifs is 1. The lowest BCUT2D eigenvalue weighted by molar-refractivity contribution is 0.0980. The zero-order valence-electron chi connectivity index (χ0n) is 11.4. The van der Waals surface area contributed by atoms with Gasteiger partial charge in [0.2, 0.25) is 0 Å². The highest BCUT2D eigenvalue weighted by Crippen LogP contribution is 2.30. The zero-order valence-corrected chi connectivity index (χ0v) is 11.4. The van der Waals surface area contributed by atoms with Gasteiger partial charge in [-0.1, -0.05) is 25.1 Å². The second-order valence-corrected chi connectivity index (χ2v) is 5.33. The molecule has 0 radical (unpaired) electrons. The van der Waals surface area contributed by atoms with Gasteiger partial charge in [-0.2, -0.15) is 0 Å². The maximum absolute atomic E-state index is 12.7. The molecule has 2 heterocycles. The van der Waals surface area contributed by atoms with Crippen molar-refractivity contribution < 1.29 is 4.79 Å². The molecule has 2 aromatic rings. The van der Waals surface area contributed by atoms with Gasteiger partial charge in [0.1, 0.15) is 5.82 Å². The number of nitrogen functional groups attached to an aromatic ring is 1. The summed E-state index contributed by atoms with van der Waals surface area (Å²) in [5.41, 5.74) is 8.37. The summed E-state index contributed by atoms with van der Waals surface area (Å²) in [4.78, 5) is 18.5. The monoisotopic (exact) mass is 267 g/mol. The van der Waals surface area contributed by atoms with Gasteiger partial charge in [0.05, 0.1) is 5.56 Å². The van der Waals surface area contributed by atoms with E-state index in [9.17, 15) is 4.79 Å². The Labute approximate surface area is 118 Å². The number of pyridine rings is 1. The summed E-state index contributed by atoms with van der Waals surface area (Å²) in [5.74, 6) is 0.862. The summed E-state index contributed by atoms with van der Waals surface area (Å²) in [6.07, 6.45) is 2.56. The second-order valence-electron chi connectivity index (χ2n) is 5.33. The summed E-state index contributed by atoms with van der Waals surface area (Å²) >= 11 is 0. The number of para-hydroxylation sites is 1. The zero-order chi connectivity index (χ0) is 14.1. The third-order valence-corrected chi connectivity index (χ3v) is 3.62. The molecule has 4 heteroatoms. The van der Waals surface area contributed by atoms with Crippen LogP contribution in [0.15, 0.2) is 42.6 Å². The lowest BCUT2D eigenvalue weighted by Gasteiger charge is -2.33. The van der Waals surface area contributed by atoms with Crippen molar-refractivity contribution in [2.24, 2.45) is 5.92 Å². The Morgan fingerprint density at radius 2 is 2.10 bits per heavy atom. The standard InChI is InChI=1S/C16H17N3O/c1-11-8-12-4-2-3-5-14(12)19(10-11)16(20)13-6-7-15(17)18-9-13/h2-7,9,11H,8,10H2,1H3,(H2,17,18). The topological polar surface area (TPSA) is 59.2 Å². The molecule has 1 aromatic heterocycles. The third-order valence-electron chi connectivity index (χ3n) is 3.62. The molecule has 4 nitrogen and oxygen atoms in total. The van der Waals surface area contributed by atoms with Crippen molar-refractivity contribution >= 4 is 17.4 Å². The first-order valence-corrected chi connectivity index (χ1v) is 6.76. The Morgan fingerprint density at radius 3 is 2.85 bits per heavy atom. The number of carbonyl (C=O) groups excluding carboxylic acids is 1. The summed E-state index contributed by atoms with van der Waals surface area (Å²) in [6.45, 7) is 2.90. The van der Waals surface area contributed by atoms with Gasteiger partial charge in [-0.3, -0.25) is 4.79 Å². The Kier molecular flexibility index (Phi) is 3.14. The van der Waals surface area contributed by atoms with Gasteiger partial charge in [-0.15, -0.1) is 0 Å². The van der Waals surface area contributed by atoms with Gasteiger partial charge in [-0.05, 0) is 36.1 Å². The molecule has 0 bridgehead atoms. The van der Waals surface area contributed by atoms with Gasteiger partial charge in [0.15, 0.2) is 0 Å². The Balaban J connectivity index is 1.97. The van der Waals surface area contributed by atoms with Crippen LogP contribution in [0.1, 0.15) is 22.8 Å². The maximum atomic E-state index is 12.7. The highest BCUT2D eigenvalue weighted by molar-refractivity contribution is 6.06. The van der Waals surface area contributed by atoms with Crippen molar-refractivity contribution in [2.75, 3.05) is 17.2 Å². The predicted octanol–water partition coefficient (Wildman–Crippen LogP) is 2.50. The first kappa shape index (κ1) is 12.7. The fourth-order valence-corrected chi connectivity index (χ4v) is 2.68. The molecule has 3 rings (SSSR count). The number of hydrogen-bond acceptors (Lipinski definition) is 3. The van der Waals surface area contributed by atoms with Crippen LogP contribution in [-0.2, 0) is 6.42 Å². The molecule has 0 saturated carbocycles. The van der Waals surface area contributed by atoms with Crippen LogP contribution in [-0.4, -0.2) is 17.4 Å². The molecule has 1 aliphatic heterocycles. The van der Waals surface area contributed by atoms with E-state index in [2.05, 4.69) is 18.0 Å². The van der Waals surface area contributed by atoms with E-state index >= 15 is 0 Å². The van der Waals surface area contributed by atoms with Crippen molar-refractivity contribution in [3.63, 3.8) is 0 Å². The maximum Gasteiger partial charge on any atom is 0.259 e. The van der Waals surface area contributed by atoms with Crippen LogP contribution in [0.5, 0.6) is 0 Å². The van der Waals surface area contributed by atoms with Crippen LogP contribution in [0.25, 0.3) is 0 Å². The van der Waals surface area contributed by atoms with E-state index in [1.807, 2.05) is 23.1 Å². The van der Waals surface area contributed by atoms with Gasteiger partial charge in [0, 0.05) is 18.4 Å². The number of amides is 1. The summed E-state index contributed by atoms with van der Waals surface area (Å²) < 4.78 is 0. The molecule has 1 aliphatic rings. The number of hydrogen-bond donors (Lipinski definition) is 1. The SMILES string of the molecule is CC1Cc2ccccc2N(C(=O)c2ccc(N)nc2)C1. The van der Waals surface area contributed by atoms with E-state index in [-0.39, 0.29) is 5.91 Å². The average Bonchev–Trinajstić information content (AvgIpc) is 2.46. The quantitative estimate of drug-likeness (QED) is 0.863. The summed E-state index contributed by atoms with van der Waals surface area (Å²) in [5, 5.41) is 0. The minimum absolute atomic E-state index is 0.0171. The molecule has 0 saturated heterocycles. The third kappa shape index (κ3) is 2.25. The highest BCUT2D eigenvalue weighted by Gasteiger charge is 2.26. The molecule has 0 spiro atoms. The number of nitrogens with zero attached hydrogens (tertiary/aromatic N) is 2. The largest absolute Gasteiger partial charge is 0.384 e. The Hall–Kier alpha value is -2.36. The van der Waals surface area contributed by atoms with Gasteiger partial charge >= 0.3 is 0 Å².